The van der Waals surface area contributed by atoms with E-state index in [-0.39, 0.29) is 22.0 Å². The molecule has 2 unspecified atom stereocenters. The van der Waals surface area contributed by atoms with Gasteiger partial charge in [0.25, 0.3) is 0 Å². The number of nitrogens with one attached hydrogen (secondary N) is 1. The highest BCUT2D eigenvalue weighted by atomic mass is 79.9. The van der Waals surface area contributed by atoms with Gasteiger partial charge in [0.2, 0.25) is 5.60 Å². The van der Waals surface area contributed by atoms with Crippen molar-refractivity contribution in [3.05, 3.63) is 68.1 Å². The molecule has 24 heavy (non-hydrogen) atoms. The van der Waals surface area contributed by atoms with Crippen LogP contribution in [0.3, 0.4) is 0 Å². The summed E-state index contributed by atoms with van der Waals surface area (Å²) in [5.41, 5.74) is 0.558. The molecule has 2 nitrogen and oxygen atoms in total. The van der Waals surface area contributed by atoms with Gasteiger partial charge >= 0.3 is 6.18 Å². The first kappa shape index (κ1) is 18.0. The molecule has 1 aliphatic rings. The van der Waals surface area contributed by atoms with Gasteiger partial charge in [-0.25, -0.2) is 0 Å². The predicted molar refractivity (Wildman–Crippen MR) is 89.9 cm³/mol. The van der Waals surface area contributed by atoms with Gasteiger partial charge in [-0.1, -0.05) is 51.3 Å². The summed E-state index contributed by atoms with van der Waals surface area (Å²) in [6.07, 6.45) is -4.97. The van der Waals surface area contributed by atoms with Crippen LogP contribution in [0.25, 0.3) is 0 Å². The average molecular weight is 441 g/mol. The molecule has 1 heterocycles. The maximum Gasteiger partial charge on any atom is 0.423 e. The Balaban J connectivity index is 2.01. The third-order valence-corrected chi connectivity index (χ3v) is 4.89. The molecule has 1 aliphatic heterocycles. The molecule has 1 fully saturated rings. The number of rotatable bonds is 2. The van der Waals surface area contributed by atoms with Crippen molar-refractivity contribution in [2.24, 2.45) is 0 Å². The maximum atomic E-state index is 13.9. The van der Waals surface area contributed by atoms with E-state index >= 15 is 0 Å². The molecule has 0 amide bonds. The Morgan fingerprint density at radius 3 is 2.21 bits per heavy atom. The van der Waals surface area contributed by atoms with Gasteiger partial charge in [-0.3, -0.25) is 4.84 Å². The third kappa shape index (κ3) is 3.30. The molecule has 0 aromatic heterocycles. The second kappa shape index (κ2) is 6.50. The van der Waals surface area contributed by atoms with Crippen molar-refractivity contribution in [3.63, 3.8) is 0 Å². The lowest BCUT2D eigenvalue weighted by molar-refractivity contribution is -0.282. The zero-order chi connectivity index (χ0) is 17.5. The minimum Gasteiger partial charge on any atom is -0.280 e. The Morgan fingerprint density at radius 2 is 1.67 bits per heavy atom. The molecular weight excluding hydrogens is 430 g/mol. The quantitative estimate of drug-likeness (QED) is 0.602. The van der Waals surface area contributed by atoms with Gasteiger partial charge in [0.05, 0.1) is 6.04 Å². The molecule has 0 saturated carbocycles. The molecule has 2 aromatic carbocycles. The maximum absolute atomic E-state index is 13.9. The average Bonchev–Trinajstić information content (AvgIpc) is 2.93. The van der Waals surface area contributed by atoms with E-state index in [0.29, 0.717) is 5.56 Å². The summed E-state index contributed by atoms with van der Waals surface area (Å²) in [6, 6.07) is 10.2. The second-order valence-corrected chi connectivity index (χ2v) is 7.30. The summed E-state index contributed by atoms with van der Waals surface area (Å²) in [7, 11) is 0. The van der Waals surface area contributed by atoms with E-state index < -0.39 is 17.8 Å². The van der Waals surface area contributed by atoms with E-state index in [1.807, 2.05) is 0 Å². The van der Waals surface area contributed by atoms with Crippen molar-refractivity contribution in [2.75, 3.05) is 0 Å². The van der Waals surface area contributed by atoms with Crippen LogP contribution in [0.5, 0.6) is 0 Å². The Hall–Kier alpha value is -0.790. The monoisotopic (exact) mass is 439 g/mol. The number of halogens is 6. The van der Waals surface area contributed by atoms with E-state index in [4.69, 9.17) is 28.0 Å². The molecule has 128 valence electrons. The SMILES string of the molecule is FC(F)(F)C1(c2cc(Cl)cc(Cl)c2)CC(c2ccc(Br)cc2)NO1. The van der Waals surface area contributed by atoms with Crippen LogP contribution < -0.4 is 5.48 Å². The highest BCUT2D eigenvalue weighted by Crippen LogP contribution is 2.51. The molecule has 0 radical (unpaired) electrons. The van der Waals surface area contributed by atoms with Crippen molar-refractivity contribution in [3.8, 4) is 0 Å². The van der Waals surface area contributed by atoms with Crippen LogP contribution in [0.15, 0.2) is 46.9 Å². The fourth-order valence-corrected chi connectivity index (χ4v) is 3.51. The molecule has 2 atom stereocenters. The third-order valence-electron chi connectivity index (χ3n) is 3.93. The molecule has 8 heteroatoms. The van der Waals surface area contributed by atoms with Gasteiger partial charge in [-0.05, 0) is 41.5 Å². The first-order valence-corrected chi connectivity index (χ1v) is 8.48. The number of hydroxylamine groups is 1. The lowest BCUT2D eigenvalue weighted by atomic mass is 9.86. The second-order valence-electron chi connectivity index (χ2n) is 5.51. The van der Waals surface area contributed by atoms with Gasteiger partial charge in [0, 0.05) is 20.9 Å². The van der Waals surface area contributed by atoms with Crippen molar-refractivity contribution in [1.29, 1.82) is 0 Å². The number of hydrogen-bond donors (Lipinski definition) is 1. The van der Waals surface area contributed by atoms with Crippen molar-refractivity contribution in [1.82, 2.24) is 5.48 Å². The summed E-state index contributed by atoms with van der Waals surface area (Å²) in [4.78, 5) is 5.09. The van der Waals surface area contributed by atoms with Crippen LogP contribution >= 0.6 is 39.1 Å². The zero-order valence-corrected chi connectivity index (χ0v) is 15.1. The summed E-state index contributed by atoms with van der Waals surface area (Å²) in [5, 5.41) is 0.244. The van der Waals surface area contributed by atoms with E-state index in [0.717, 1.165) is 4.47 Å². The van der Waals surface area contributed by atoms with E-state index in [9.17, 15) is 13.2 Å². The van der Waals surface area contributed by atoms with Gasteiger partial charge in [0.1, 0.15) is 0 Å². The Morgan fingerprint density at radius 1 is 1.08 bits per heavy atom. The summed E-state index contributed by atoms with van der Waals surface area (Å²) >= 11 is 15.1. The Bertz CT molecular complexity index is 734. The molecule has 0 aliphatic carbocycles. The first-order chi connectivity index (χ1) is 11.2. The highest BCUT2D eigenvalue weighted by Gasteiger charge is 2.62. The fourth-order valence-electron chi connectivity index (χ4n) is 2.72. The molecular formula is C16H11BrCl2F3NO. The van der Waals surface area contributed by atoms with Gasteiger partial charge < -0.3 is 0 Å². The van der Waals surface area contributed by atoms with Crippen LogP contribution in [-0.4, -0.2) is 6.18 Å². The van der Waals surface area contributed by atoms with Gasteiger partial charge in [-0.15, -0.1) is 0 Å². The topological polar surface area (TPSA) is 21.3 Å². The highest BCUT2D eigenvalue weighted by molar-refractivity contribution is 9.10. The summed E-state index contributed by atoms with van der Waals surface area (Å²) in [5.74, 6) is 0. The van der Waals surface area contributed by atoms with E-state index in [1.54, 1.807) is 24.3 Å². The van der Waals surface area contributed by atoms with Crippen molar-refractivity contribution < 1.29 is 18.0 Å². The van der Waals surface area contributed by atoms with Crippen LogP contribution in [-0.2, 0) is 10.4 Å². The molecule has 0 spiro atoms. The normalized spacial score (nSPS) is 24.3. The smallest absolute Gasteiger partial charge is 0.280 e. The first-order valence-electron chi connectivity index (χ1n) is 6.93. The molecule has 0 bridgehead atoms. The van der Waals surface area contributed by atoms with E-state index in [2.05, 4.69) is 21.4 Å². The van der Waals surface area contributed by atoms with E-state index in [1.165, 1.54) is 18.2 Å². The predicted octanol–water partition coefficient (Wildman–Crippen LogP) is 6.18. The lowest BCUT2D eigenvalue weighted by Gasteiger charge is -2.30. The Labute approximate surface area is 155 Å². The van der Waals surface area contributed by atoms with Crippen molar-refractivity contribution in [2.45, 2.75) is 24.2 Å². The van der Waals surface area contributed by atoms with Crippen LogP contribution in [0, 0.1) is 0 Å². The van der Waals surface area contributed by atoms with Gasteiger partial charge in [-0.2, -0.15) is 18.7 Å². The van der Waals surface area contributed by atoms with Crippen LogP contribution in [0.2, 0.25) is 10.0 Å². The minimum absolute atomic E-state index is 0.122. The molecule has 1 saturated heterocycles. The molecule has 2 aromatic rings. The Kier molecular flexibility index (Phi) is 4.88. The minimum atomic E-state index is -4.64. The zero-order valence-electron chi connectivity index (χ0n) is 12.0. The number of hydrogen-bond acceptors (Lipinski definition) is 2. The number of alkyl halides is 3. The molecule has 1 N–H and O–H groups in total. The number of benzene rings is 2. The van der Waals surface area contributed by atoms with Gasteiger partial charge in [0.15, 0.2) is 0 Å². The summed E-state index contributed by atoms with van der Waals surface area (Å²) in [6.45, 7) is 0. The van der Waals surface area contributed by atoms with Crippen molar-refractivity contribution >= 4 is 39.1 Å². The fraction of sp³-hybridized carbons (Fsp3) is 0.250. The molecule has 3 rings (SSSR count). The lowest BCUT2D eigenvalue weighted by Crippen LogP contribution is -2.42. The van der Waals surface area contributed by atoms with Crippen LogP contribution in [0.1, 0.15) is 23.6 Å². The summed E-state index contributed by atoms with van der Waals surface area (Å²) < 4.78 is 42.4. The standard InChI is InChI=1S/C16H11BrCl2F3NO/c17-11-3-1-9(2-4-11)14-8-15(24-23-14,16(20,21)22)10-5-12(18)7-13(19)6-10/h1-7,14,23H,8H2. The van der Waals surface area contributed by atoms with Crippen LogP contribution in [0.4, 0.5) is 13.2 Å². The largest absolute Gasteiger partial charge is 0.423 e.